The van der Waals surface area contributed by atoms with Crippen molar-refractivity contribution in [3.63, 3.8) is 0 Å². The molecular formula is C12H19F3N2OS. The van der Waals surface area contributed by atoms with Crippen LogP contribution >= 0.6 is 11.3 Å². The highest BCUT2D eigenvalue weighted by Crippen LogP contribution is 2.27. The molecule has 1 atom stereocenters. The Bertz CT molecular complexity index is 389. The first kappa shape index (κ1) is 16.4. The second-order valence-corrected chi connectivity index (χ2v) is 5.61. The minimum Gasteiger partial charge on any atom is -0.372 e. The summed E-state index contributed by atoms with van der Waals surface area (Å²) in [6.45, 7) is 3.39. The van der Waals surface area contributed by atoms with E-state index < -0.39 is 12.8 Å². The Morgan fingerprint density at radius 2 is 2.11 bits per heavy atom. The molecular weight excluding hydrogens is 277 g/mol. The highest BCUT2D eigenvalue weighted by Gasteiger charge is 2.28. The van der Waals surface area contributed by atoms with Gasteiger partial charge in [0.15, 0.2) is 0 Å². The van der Waals surface area contributed by atoms with Gasteiger partial charge in [0, 0.05) is 23.8 Å². The van der Waals surface area contributed by atoms with Crippen molar-refractivity contribution in [3.05, 3.63) is 16.1 Å². The van der Waals surface area contributed by atoms with Crippen LogP contribution in [0.25, 0.3) is 0 Å². The highest BCUT2D eigenvalue weighted by atomic mass is 32.1. The molecule has 0 aliphatic heterocycles. The van der Waals surface area contributed by atoms with E-state index in [1.807, 2.05) is 19.2 Å². The second-order valence-electron chi connectivity index (χ2n) is 4.66. The van der Waals surface area contributed by atoms with Gasteiger partial charge < -0.3 is 10.5 Å². The standard InChI is InChI=1S/C12H19F3N2OS/c1-3-11(2,7-16)9-6-19-10(17-9)4-5-18-8-12(13,14)15/h6H,3-5,7-8,16H2,1-2H3. The Hall–Kier alpha value is -0.660. The molecule has 3 nitrogen and oxygen atoms in total. The molecule has 0 fully saturated rings. The normalized spacial score (nSPS) is 15.5. The molecule has 0 saturated carbocycles. The van der Waals surface area contributed by atoms with Gasteiger partial charge in [-0.05, 0) is 6.42 Å². The summed E-state index contributed by atoms with van der Waals surface area (Å²) in [5.74, 6) is 0. The maximum atomic E-state index is 11.9. The van der Waals surface area contributed by atoms with E-state index in [9.17, 15) is 13.2 Å². The third-order valence-corrected chi connectivity index (χ3v) is 4.04. The van der Waals surface area contributed by atoms with Gasteiger partial charge in [0.2, 0.25) is 0 Å². The lowest BCUT2D eigenvalue weighted by Crippen LogP contribution is -2.31. The molecule has 0 spiro atoms. The van der Waals surface area contributed by atoms with Gasteiger partial charge in [0.25, 0.3) is 0 Å². The summed E-state index contributed by atoms with van der Waals surface area (Å²) in [6, 6.07) is 0. The minimum atomic E-state index is -4.27. The van der Waals surface area contributed by atoms with E-state index in [2.05, 4.69) is 9.72 Å². The quantitative estimate of drug-likeness (QED) is 0.787. The molecule has 0 aliphatic rings. The summed E-state index contributed by atoms with van der Waals surface area (Å²) < 4.78 is 40.2. The molecule has 7 heteroatoms. The molecule has 110 valence electrons. The Labute approximate surface area is 115 Å². The van der Waals surface area contributed by atoms with E-state index in [4.69, 9.17) is 5.73 Å². The number of alkyl halides is 3. The lowest BCUT2D eigenvalue weighted by atomic mass is 9.85. The van der Waals surface area contributed by atoms with Crippen molar-refractivity contribution in [1.82, 2.24) is 4.98 Å². The number of nitrogens with two attached hydrogens (primary N) is 1. The van der Waals surface area contributed by atoms with Crippen molar-refractivity contribution in [3.8, 4) is 0 Å². The van der Waals surface area contributed by atoms with Gasteiger partial charge in [-0.25, -0.2) is 4.98 Å². The molecule has 0 bridgehead atoms. The van der Waals surface area contributed by atoms with Gasteiger partial charge in [-0.3, -0.25) is 0 Å². The van der Waals surface area contributed by atoms with Crippen LogP contribution in [0.5, 0.6) is 0 Å². The average molecular weight is 296 g/mol. The number of thiazole rings is 1. The number of hydrogen-bond acceptors (Lipinski definition) is 4. The van der Waals surface area contributed by atoms with Crippen LogP contribution in [0.1, 0.15) is 31.0 Å². The Morgan fingerprint density at radius 1 is 1.42 bits per heavy atom. The summed E-state index contributed by atoms with van der Waals surface area (Å²) in [5.41, 5.74) is 6.49. The van der Waals surface area contributed by atoms with Crippen molar-refractivity contribution in [2.24, 2.45) is 5.73 Å². The number of nitrogens with zero attached hydrogens (tertiary/aromatic N) is 1. The summed E-state index contributed by atoms with van der Waals surface area (Å²) in [5, 5.41) is 2.71. The predicted molar refractivity (Wildman–Crippen MR) is 69.4 cm³/mol. The number of aromatic nitrogens is 1. The molecule has 19 heavy (non-hydrogen) atoms. The first-order valence-corrected chi connectivity index (χ1v) is 6.98. The van der Waals surface area contributed by atoms with Crippen LogP contribution in [0.4, 0.5) is 13.2 Å². The van der Waals surface area contributed by atoms with Gasteiger partial charge in [-0.1, -0.05) is 13.8 Å². The second kappa shape index (κ2) is 6.67. The first-order chi connectivity index (χ1) is 8.80. The molecule has 0 aromatic carbocycles. The number of rotatable bonds is 7. The molecule has 0 aliphatic carbocycles. The van der Waals surface area contributed by atoms with E-state index in [0.29, 0.717) is 13.0 Å². The van der Waals surface area contributed by atoms with Gasteiger partial charge in [-0.2, -0.15) is 13.2 Å². The molecule has 0 radical (unpaired) electrons. The fourth-order valence-corrected chi connectivity index (χ4v) is 2.42. The number of halogens is 3. The molecule has 0 amide bonds. The minimum absolute atomic E-state index is 0.0257. The molecule has 1 unspecified atom stereocenters. The van der Waals surface area contributed by atoms with Gasteiger partial charge in [0.1, 0.15) is 6.61 Å². The van der Waals surface area contributed by atoms with Crippen LogP contribution in [0, 0.1) is 0 Å². The van der Waals surface area contributed by atoms with Crippen molar-refractivity contribution in [2.45, 2.75) is 38.3 Å². The van der Waals surface area contributed by atoms with Gasteiger partial charge in [0.05, 0.1) is 17.3 Å². The van der Waals surface area contributed by atoms with Crippen molar-refractivity contribution < 1.29 is 17.9 Å². The third kappa shape index (κ3) is 5.08. The van der Waals surface area contributed by atoms with Crippen LogP contribution in [-0.4, -0.2) is 30.9 Å². The molecule has 1 heterocycles. The monoisotopic (exact) mass is 296 g/mol. The van der Waals surface area contributed by atoms with Gasteiger partial charge in [-0.15, -0.1) is 11.3 Å². The smallest absolute Gasteiger partial charge is 0.372 e. The Morgan fingerprint density at radius 3 is 2.63 bits per heavy atom. The Kier molecular flexibility index (Phi) is 5.76. The summed E-state index contributed by atoms with van der Waals surface area (Å²) in [7, 11) is 0. The molecule has 2 N–H and O–H groups in total. The SMILES string of the molecule is CCC(C)(CN)c1csc(CCOCC(F)(F)F)n1. The number of hydrogen-bond donors (Lipinski definition) is 1. The highest BCUT2D eigenvalue weighted by molar-refractivity contribution is 7.09. The van der Waals surface area contributed by atoms with Crippen molar-refractivity contribution >= 4 is 11.3 Å². The van der Waals surface area contributed by atoms with Gasteiger partial charge >= 0.3 is 6.18 Å². The average Bonchev–Trinajstić information content (AvgIpc) is 2.82. The van der Waals surface area contributed by atoms with E-state index in [1.54, 1.807) is 0 Å². The molecule has 1 aromatic heterocycles. The fourth-order valence-electron chi connectivity index (χ4n) is 1.48. The lowest BCUT2D eigenvalue weighted by Gasteiger charge is -2.23. The first-order valence-electron chi connectivity index (χ1n) is 6.10. The fraction of sp³-hybridized carbons (Fsp3) is 0.750. The summed E-state index contributed by atoms with van der Waals surface area (Å²) in [4.78, 5) is 4.44. The van der Waals surface area contributed by atoms with Crippen LogP contribution in [0.3, 0.4) is 0 Å². The molecule has 0 saturated heterocycles. The van der Waals surface area contributed by atoms with Crippen LogP contribution in [0.15, 0.2) is 5.38 Å². The zero-order chi connectivity index (χ0) is 14.5. The maximum absolute atomic E-state index is 11.9. The molecule has 1 rings (SSSR count). The topological polar surface area (TPSA) is 48.1 Å². The van der Waals surface area contributed by atoms with Crippen molar-refractivity contribution in [1.29, 1.82) is 0 Å². The van der Waals surface area contributed by atoms with Crippen molar-refractivity contribution in [2.75, 3.05) is 19.8 Å². The van der Waals surface area contributed by atoms with E-state index in [0.717, 1.165) is 17.1 Å². The summed E-state index contributed by atoms with van der Waals surface area (Å²) in [6.07, 6.45) is -3.00. The molecule has 1 aromatic rings. The zero-order valence-electron chi connectivity index (χ0n) is 11.1. The van der Waals surface area contributed by atoms with E-state index >= 15 is 0 Å². The third-order valence-electron chi connectivity index (χ3n) is 3.13. The maximum Gasteiger partial charge on any atom is 0.411 e. The zero-order valence-corrected chi connectivity index (χ0v) is 11.9. The van der Waals surface area contributed by atoms with E-state index in [-0.39, 0.29) is 12.0 Å². The lowest BCUT2D eigenvalue weighted by molar-refractivity contribution is -0.173. The number of ether oxygens (including phenoxy) is 1. The summed E-state index contributed by atoms with van der Waals surface area (Å²) >= 11 is 1.44. The van der Waals surface area contributed by atoms with E-state index in [1.165, 1.54) is 11.3 Å². The largest absolute Gasteiger partial charge is 0.411 e. The predicted octanol–water partition coefficient (Wildman–Crippen LogP) is 2.89. The Balaban J connectivity index is 2.47. The van der Waals surface area contributed by atoms with Crippen LogP contribution in [0.2, 0.25) is 0 Å². The van der Waals surface area contributed by atoms with Crippen LogP contribution in [-0.2, 0) is 16.6 Å². The van der Waals surface area contributed by atoms with Crippen LogP contribution < -0.4 is 5.73 Å².